The fraction of sp³-hybridized carbons (Fsp3) is 0.533. The van der Waals surface area contributed by atoms with Gasteiger partial charge in [-0.15, -0.1) is 0 Å². The van der Waals surface area contributed by atoms with Crippen molar-refractivity contribution < 1.29 is 9.52 Å². The lowest BCUT2D eigenvalue weighted by atomic mass is 9.79. The van der Waals surface area contributed by atoms with Gasteiger partial charge in [0.25, 0.3) is 0 Å². The largest absolute Gasteiger partial charge is 0.464 e. The number of aliphatic hydroxyl groups is 1. The summed E-state index contributed by atoms with van der Waals surface area (Å²) in [5.41, 5.74) is 0.215. The first-order valence-corrected chi connectivity index (χ1v) is 6.95. The fourth-order valence-corrected chi connectivity index (χ4v) is 3.08. The molecule has 2 aromatic rings. The van der Waals surface area contributed by atoms with Gasteiger partial charge in [0.15, 0.2) is 0 Å². The minimum Gasteiger partial charge on any atom is -0.464 e. The average molecular weight is 260 g/mol. The molecule has 0 amide bonds. The molecular formula is C15H20N2O2. The molecule has 2 heterocycles. The van der Waals surface area contributed by atoms with Gasteiger partial charge in [0.1, 0.15) is 11.4 Å². The first-order valence-electron chi connectivity index (χ1n) is 6.95. The van der Waals surface area contributed by atoms with Gasteiger partial charge in [-0.2, -0.15) is 0 Å². The second kappa shape index (κ2) is 4.85. The Morgan fingerprint density at radius 1 is 1.53 bits per heavy atom. The summed E-state index contributed by atoms with van der Waals surface area (Å²) in [5.74, 6) is 1.39. The summed E-state index contributed by atoms with van der Waals surface area (Å²) in [6.07, 6.45) is 7.43. The lowest BCUT2D eigenvalue weighted by molar-refractivity contribution is -0.000801. The van der Waals surface area contributed by atoms with Crippen LogP contribution in [0.5, 0.6) is 0 Å². The molecule has 0 aromatic carbocycles. The van der Waals surface area contributed by atoms with Gasteiger partial charge in [0.05, 0.1) is 17.3 Å². The Morgan fingerprint density at radius 2 is 2.42 bits per heavy atom. The van der Waals surface area contributed by atoms with Crippen molar-refractivity contribution in [2.75, 3.05) is 11.9 Å². The van der Waals surface area contributed by atoms with Gasteiger partial charge < -0.3 is 14.8 Å². The molecule has 3 rings (SSSR count). The van der Waals surface area contributed by atoms with Gasteiger partial charge in [0.2, 0.25) is 0 Å². The number of pyridine rings is 1. The van der Waals surface area contributed by atoms with Gasteiger partial charge in [-0.05, 0) is 30.9 Å². The van der Waals surface area contributed by atoms with Crippen LogP contribution in [0.2, 0.25) is 0 Å². The molecule has 1 fully saturated rings. The molecule has 4 heteroatoms. The highest BCUT2D eigenvalue weighted by Crippen LogP contribution is 2.32. The maximum absolute atomic E-state index is 10.6. The summed E-state index contributed by atoms with van der Waals surface area (Å²) in [4.78, 5) is 4.33. The smallest absolute Gasteiger partial charge is 0.139 e. The normalized spacial score (nSPS) is 27.6. The van der Waals surface area contributed by atoms with E-state index in [-0.39, 0.29) is 0 Å². The van der Waals surface area contributed by atoms with Crippen molar-refractivity contribution in [2.24, 2.45) is 5.92 Å². The number of aromatic nitrogens is 1. The van der Waals surface area contributed by atoms with Crippen LogP contribution in [0, 0.1) is 5.92 Å². The molecule has 102 valence electrons. The Labute approximate surface area is 112 Å². The summed E-state index contributed by atoms with van der Waals surface area (Å²) in [7, 11) is 0. The van der Waals surface area contributed by atoms with Crippen molar-refractivity contribution in [3.8, 4) is 0 Å². The number of nitrogens with zero attached hydrogens (tertiary/aromatic N) is 1. The Hall–Kier alpha value is -1.55. The zero-order valence-corrected chi connectivity index (χ0v) is 11.2. The van der Waals surface area contributed by atoms with E-state index in [4.69, 9.17) is 4.42 Å². The molecule has 19 heavy (non-hydrogen) atoms. The highest BCUT2D eigenvalue weighted by molar-refractivity contribution is 5.87. The Balaban J connectivity index is 1.73. The molecule has 0 bridgehead atoms. The molecule has 1 aliphatic carbocycles. The highest BCUT2D eigenvalue weighted by Gasteiger charge is 2.32. The van der Waals surface area contributed by atoms with Crippen molar-refractivity contribution >= 4 is 16.8 Å². The second-order valence-electron chi connectivity index (χ2n) is 5.77. The molecule has 2 N–H and O–H groups in total. The third kappa shape index (κ3) is 2.59. The van der Waals surface area contributed by atoms with Crippen LogP contribution in [0.1, 0.15) is 32.6 Å². The topological polar surface area (TPSA) is 58.3 Å². The van der Waals surface area contributed by atoms with Crippen LogP contribution in [-0.4, -0.2) is 22.2 Å². The van der Waals surface area contributed by atoms with Crippen LogP contribution >= 0.6 is 0 Å². The van der Waals surface area contributed by atoms with E-state index < -0.39 is 5.60 Å². The number of rotatable bonds is 3. The maximum atomic E-state index is 10.6. The number of furan rings is 1. The first kappa shape index (κ1) is 12.5. The van der Waals surface area contributed by atoms with Crippen LogP contribution < -0.4 is 5.32 Å². The van der Waals surface area contributed by atoms with E-state index in [0.717, 1.165) is 36.0 Å². The van der Waals surface area contributed by atoms with E-state index in [2.05, 4.69) is 17.2 Å². The van der Waals surface area contributed by atoms with Crippen molar-refractivity contribution in [2.45, 2.75) is 38.2 Å². The molecule has 1 aliphatic rings. The quantitative estimate of drug-likeness (QED) is 0.890. The van der Waals surface area contributed by atoms with Crippen LogP contribution in [-0.2, 0) is 0 Å². The SMILES string of the molecule is CC1CCCC(O)(CNc2nccc3occc23)C1. The third-order valence-corrected chi connectivity index (χ3v) is 4.03. The Kier molecular flexibility index (Phi) is 3.19. The lowest BCUT2D eigenvalue weighted by Crippen LogP contribution is -2.41. The van der Waals surface area contributed by atoms with Crippen molar-refractivity contribution in [1.82, 2.24) is 4.98 Å². The summed E-state index contributed by atoms with van der Waals surface area (Å²) < 4.78 is 5.35. The minimum atomic E-state index is -0.606. The van der Waals surface area contributed by atoms with Gasteiger partial charge in [0, 0.05) is 12.7 Å². The predicted molar refractivity (Wildman–Crippen MR) is 75.1 cm³/mol. The average Bonchev–Trinajstić information content (AvgIpc) is 2.85. The summed E-state index contributed by atoms with van der Waals surface area (Å²) in [6.45, 7) is 2.76. The van der Waals surface area contributed by atoms with E-state index in [0.29, 0.717) is 12.5 Å². The Bertz CT molecular complexity index is 566. The van der Waals surface area contributed by atoms with Crippen molar-refractivity contribution in [1.29, 1.82) is 0 Å². The molecule has 4 nitrogen and oxygen atoms in total. The third-order valence-electron chi connectivity index (χ3n) is 4.03. The van der Waals surface area contributed by atoms with Gasteiger partial charge >= 0.3 is 0 Å². The summed E-state index contributed by atoms with van der Waals surface area (Å²) >= 11 is 0. The standard InChI is InChI=1S/C15H20N2O2/c1-11-3-2-6-15(18,9-11)10-17-14-12-5-8-19-13(12)4-7-16-14/h4-5,7-8,11,18H,2-3,6,9-10H2,1H3,(H,16,17). The number of anilines is 1. The number of nitrogens with one attached hydrogen (secondary N) is 1. The molecule has 0 radical (unpaired) electrons. The second-order valence-corrected chi connectivity index (χ2v) is 5.77. The highest BCUT2D eigenvalue weighted by atomic mass is 16.3. The molecule has 2 aromatic heterocycles. The number of hydrogen-bond acceptors (Lipinski definition) is 4. The summed E-state index contributed by atoms with van der Waals surface area (Å²) in [5, 5.41) is 14.9. The van der Waals surface area contributed by atoms with Crippen LogP contribution in [0.15, 0.2) is 29.0 Å². The van der Waals surface area contributed by atoms with Crippen molar-refractivity contribution in [3.05, 3.63) is 24.6 Å². The van der Waals surface area contributed by atoms with Gasteiger partial charge in [-0.25, -0.2) is 4.98 Å². The van der Waals surface area contributed by atoms with E-state index in [1.807, 2.05) is 12.1 Å². The van der Waals surface area contributed by atoms with Crippen LogP contribution in [0.4, 0.5) is 5.82 Å². The minimum absolute atomic E-state index is 0.550. The van der Waals surface area contributed by atoms with E-state index in [1.165, 1.54) is 6.42 Å². The number of fused-ring (bicyclic) bond motifs is 1. The molecule has 2 atom stereocenters. The predicted octanol–water partition coefficient (Wildman–Crippen LogP) is 3.18. The van der Waals surface area contributed by atoms with Crippen LogP contribution in [0.3, 0.4) is 0 Å². The van der Waals surface area contributed by atoms with Gasteiger partial charge in [-0.3, -0.25) is 0 Å². The zero-order valence-electron chi connectivity index (χ0n) is 11.2. The van der Waals surface area contributed by atoms with Crippen molar-refractivity contribution in [3.63, 3.8) is 0 Å². The molecule has 0 aliphatic heterocycles. The monoisotopic (exact) mass is 260 g/mol. The number of hydrogen-bond donors (Lipinski definition) is 2. The molecule has 1 saturated carbocycles. The molecule has 2 unspecified atom stereocenters. The lowest BCUT2D eigenvalue weighted by Gasteiger charge is -2.35. The molecule has 0 spiro atoms. The Morgan fingerprint density at radius 3 is 3.26 bits per heavy atom. The maximum Gasteiger partial charge on any atom is 0.139 e. The van der Waals surface area contributed by atoms with Gasteiger partial charge in [-0.1, -0.05) is 19.8 Å². The summed E-state index contributed by atoms with van der Waals surface area (Å²) in [6, 6.07) is 3.75. The zero-order chi connectivity index (χ0) is 13.3. The van der Waals surface area contributed by atoms with E-state index in [1.54, 1.807) is 12.5 Å². The van der Waals surface area contributed by atoms with Crippen LogP contribution in [0.25, 0.3) is 11.0 Å². The first-order chi connectivity index (χ1) is 9.16. The van der Waals surface area contributed by atoms with E-state index in [9.17, 15) is 5.11 Å². The fourth-order valence-electron chi connectivity index (χ4n) is 3.08. The van der Waals surface area contributed by atoms with E-state index >= 15 is 0 Å². The molecule has 0 saturated heterocycles. The molecular weight excluding hydrogens is 240 g/mol.